The van der Waals surface area contributed by atoms with Gasteiger partial charge in [0.05, 0.1) is 84.5 Å². The monoisotopic (exact) mass is 1610 g/mol. The summed E-state index contributed by atoms with van der Waals surface area (Å²) in [6.45, 7) is 31.3. The largest absolute Gasteiger partial charge is 0.308 e. The molecule has 0 spiro atoms. The Kier molecular flexibility index (Phi) is 17.6. The van der Waals surface area contributed by atoms with Crippen LogP contribution in [-0.2, 0) is 0 Å². The summed E-state index contributed by atoms with van der Waals surface area (Å²) in [4.78, 5) is 0. The van der Waals surface area contributed by atoms with Gasteiger partial charge in [0, 0.05) is 64.6 Å². The van der Waals surface area contributed by atoms with Crippen molar-refractivity contribution in [1.29, 1.82) is 15.8 Å². The minimum absolute atomic E-state index is 0.484. The lowest BCUT2D eigenvalue weighted by Gasteiger charge is -2.12. The first-order chi connectivity index (χ1) is 60.5. The Balaban J connectivity index is 0.000000111. The molecule has 0 amide bonds. The van der Waals surface area contributed by atoms with Crippen molar-refractivity contribution in [2.75, 3.05) is 0 Å². The molecular weight excluding hydrogens is 1510 g/mol. The summed E-state index contributed by atoms with van der Waals surface area (Å²) in [5, 5.41) is 59.2. The number of benzene rings is 18. The molecule has 600 valence electrons. The molecule has 125 heavy (non-hydrogen) atoms. The molecular formula is C119H94N6. The van der Waals surface area contributed by atoms with Crippen LogP contribution in [0.3, 0.4) is 0 Å². The van der Waals surface area contributed by atoms with Gasteiger partial charge < -0.3 is 13.2 Å². The van der Waals surface area contributed by atoms with Gasteiger partial charge in [0.15, 0.2) is 0 Å². The second kappa shape index (κ2) is 28.8. The van der Waals surface area contributed by atoms with Crippen molar-refractivity contribution in [2.45, 2.75) is 132 Å². The van der Waals surface area contributed by atoms with Gasteiger partial charge in [0.25, 0.3) is 0 Å². The molecule has 6 nitrogen and oxygen atoms in total. The van der Waals surface area contributed by atoms with Crippen LogP contribution in [0.1, 0.15) is 180 Å². The topological polar surface area (TPSA) is 84.6 Å². The molecule has 0 aliphatic heterocycles. The highest BCUT2D eigenvalue weighted by Gasteiger charge is 2.27. The molecule has 6 heteroatoms. The standard InChI is InChI=1S/C41H34N2.2C39H30N2/c1-22(2)27-7-9-29-19-38-34(15-31(29)13-27)36-17-33(40-24(5)11-26(21-42)12-25(40)6)18-37-35-16-32-14-28(23(3)4)8-10-30(32)20-39(35)43(38)41(36)37;1-22(2)26-9-11-28-19-37-33(15-30(28)13-26)35-17-32(25-7-5-24(21-40)6-8-25)18-36-34-16-31-14-27(23(3)4)10-12-29(31)20-38(34)41(37)39(35)36;1-22(2)25-8-10-28-19-37-33(15-30(28)13-25)35-17-32(27-7-5-6-24(12-27)21-40)18-36-34-16-31-14-26(23(3)4)9-11-29(31)20-38(34)41(37)39(35)36/h7-20,22-23H,1-6H3;2*5-20,22-23H,1-4H3. The Morgan fingerprint density at radius 1 is 0.200 bits per heavy atom. The first kappa shape index (κ1) is 76.5. The van der Waals surface area contributed by atoms with Crippen LogP contribution in [0.25, 0.3) is 212 Å². The second-order valence-electron chi connectivity index (χ2n) is 37.5. The van der Waals surface area contributed by atoms with E-state index in [4.69, 9.17) is 0 Å². The predicted octanol–water partition coefficient (Wildman–Crippen LogP) is 33.4. The first-order valence-corrected chi connectivity index (χ1v) is 44.5. The molecule has 24 rings (SSSR count). The summed E-state index contributed by atoms with van der Waals surface area (Å²) < 4.78 is 7.48. The van der Waals surface area contributed by atoms with Gasteiger partial charge in [-0.25, -0.2) is 0 Å². The van der Waals surface area contributed by atoms with Crippen molar-refractivity contribution in [3.63, 3.8) is 0 Å². The third-order valence-electron chi connectivity index (χ3n) is 27.7. The fourth-order valence-corrected chi connectivity index (χ4v) is 20.8. The summed E-state index contributed by atoms with van der Waals surface area (Å²) in [5.74, 6) is 2.91. The molecule has 18 aromatic carbocycles. The fraction of sp³-hybridized carbons (Fsp3) is 0.168. The van der Waals surface area contributed by atoms with Crippen molar-refractivity contribution < 1.29 is 0 Å². The number of aromatic nitrogens is 3. The minimum Gasteiger partial charge on any atom is -0.308 e. The lowest BCUT2D eigenvalue weighted by molar-refractivity contribution is 0.869. The van der Waals surface area contributed by atoms with E-state index in [1.165, 1.54) is 229 Å². The number of aryl methyl sites for hydroxylation is 2. The Bertz CT molecular complexity index is 8420. The number of rotatable bonds is 9. The zero-order chi connectivity index (χ0) is 85.7. The smallest absolute Gasteiger partial charge is 0.0991 e. The summed E-state index contributed by atoms with van der Waals surface area (Å²) in [6, 6.07) is 111. The molecule has 0 N–H and O–H groups in total. The third-order valence-corrected chi connectivity index (χ3v) is 27.7. The highest BCUT2D eigenvalue weighted by Crippen LogP contribution is 2.50. The number of nitrogens with zero attached hydrogens (tertiary/aromatic N) is 6. The van der Waals surface area contributed by atoms with Gasteiger partial charge in [-0.1, -0.05) is 217 Å². The normalized spacial score (nSPS) is 12.3. The minimum atomic E-state index is 0.484. The Labute approximate surface area is 727 Å². The van der Waals surface area contributed by atoms with E-state index < -0.39 is 0 Å². The Morgan fingerprint density at radius 3 is 0.712 bits per heavy atom. The molecule has 0 aliphatic carbocycles. The maximum Gasteiger partial charge on any atom is 0.0991 e. The zero-order valence-electron chi connectivity index (χ0n) is 73.2. The van der Waals surface area contributed by atoms with Crippen LogP contribution < -0.4 is 0 Å². The van der Waals surface area contributed by atoms with Crippen LogP contribution in [0, 0.1) is 47.8 Å². The van der Waals surface area contributed by atoms with Gasteiger partial charge in [0.1, 0.15) is 0 Å². The molecule has 6 aromatic heterocycles. The summed E-state index contributed by atoms with van der Waals surface area (Å²) in [7, 11) is 0. The van der Waals surface area contributed by atoms with Gasteiger partial charge in [-0.05, 0) is 337 Å². The van der Waals surface area contributed by atoms with E-state index in [9.17, 15) is 15.8 Å². The molecule has 0 unspecified atom stereocenters. The van der Waals surface area contributed by atoms with Crippen molar-refractivity contribution in [2.24, 2.45) is 0 Å². The predicted molar refractivity (Wildman–Crippen MR) is 533 cm³/mol. The number of hydrogen-bond acceptors (Lipinski definition) is 3. The lowest BCUT2D eigenvalue weighted by atomic mass is 9.91. The van der Waals surface area contributed by atoms with E-state index in [-0.39, 0.29) is 0 Å². The van der Waals surface area contributed by atoms with E-state index in [0.29, 0.717) is 52.2 Å². The van der Waals surface area contributed by atoms with Crippen molar-refractivity contribution in [3.8, 4) is 51.6 Å². The van der Waals surface area contributed by atoms with Gasteiger partial charge in [-0.2, -0.15) is 15.8 Å². The third kappa shape index (κ3) is 12.2. The van der Waals surface area contributed by atoms with Crippen LogP contribution in [0.5, 0.6) is 0 Å². The van der Waals surface area contributed by atoms with Gasteiger partial charge in [0.2, 0.25) is 0 Å². The molecule has 0 bridgehead atoms. The van der Waals surface area contributed by atoms with E-state index in [1.807, 2.05) is 42.5 Å². The lowest BCUT2D eigenvalue weighted by Crippen LogP contribution is -1.91. The molecule has 0 saturated heterocycles. The molecule has 0 fully saturated rings. The van der Waals surface area contributed by atoms with Gasteiger partial charge in [-0.3, -0.25) is 0 Å². The Morgan fingerprint density at radius 2 is 0.456 bits per heavy atom. The van der Waals surface area contributed by atoms with Crippen molar-refractivity contribution in [1.82, 2.24) is 13.2 Å². The van der Waals surface area contributed by atoms with Crippen LogP contribution in [-0.4, -0.2) is 13.2 Å². The Hall–Kier alpha value is -14.6. The van der Waals surface area contributed by atoms with Crippen molar-refractivity contribution in [3.05, 3.63) is 340 Å². The van der Waals surface area contributed by atoms with Gasteiger partial charge in [-0.15, -0.1) is 0 Å². The number of nitriles is 3. The zero-order valence-corrected chi connectivity index (χ0v) is 73.2. The summed E-state index contributed by atoms with van der Waals surface area (Å²) in [5.41, 5.74) is 30.8. The average molecular weight is 1610 g/mol. The van der Waals surface area contributed by atoms with Crippen molar-refractivity contribution >= 4 is 179 Å². The molecule has 0 radical (unpaired) electrons. The molecule has 24 aromatic rings. The number of hydrogen-bond donors (Lipinski definition) is 0. The molecule has 0 atom stereocenters. The van der Waals surface area contributed by atoms with E-state index in [0.717, 1.165) is 27.8 Å². The quantitative estimate of drug-likeness (QED) is 0.144. The summed E-state index contributed by atoms with van der Waals surface area (Å²) >= 11 is 0. The van der Waals surface area contributed by atoms with Crippen LogP contribution in [0.4, 0.5) is 0 Å². The van der Waals surface area contributed by atoms with E-state index in [1.54, 1.807) is 0 Å². The van der Waals surface area contributed by atoms with E-state index >= 15 is 0 Å². The highest BCUT2D eigenvalue weighted by atomic mass is 14.9. The molecule has 0 aliphatic rings. The molecule has 6 heterocycles. The van der Waals surface area contributed by atoms with Crippen LogP contribution >= 0.6 is 0 Å². The maximum absolute atomic E-state index is 9.61. The van der Waals surface area contributed by atoms with Crippen LogP contribution in [0.2, 0.25) is 0 Å². The summed E-state index contributed by atoms with van der Waals surface area (Å²) in [6.07, 6.45) is 0. The highest BCUT2D eigenvalue weighted by molar-refractivity contribution is 6.31. The van der Waals surface area contributed by atoms with Gasteiger partial charge >= 0.3 is 0 Å². The maximum atomic E-state index is 9.61. The fourth-order valence-electron chi connectivity index (χ4n) is 20.8. The SMILES string of the molecule is CC(C)c1ccc2cc3c(cc2c1)c1cc(-c2ccc(C#N)cc2)cc2c4cc5cc(C(C)C)ccc5cc4n3c12.CC(C)c1ccc2cc3c(cc2c1)c1cc(-c2cccc(C#N)c2)cc2c4cc5cc(C(C)C)ccc5cc4n3c12.Cc1cc(C#N)cc(C)c1-c1cc2c3cc4cc(C(C)C)ccc4cc3n3c4cc5ccc(C(C)C)cc5cc4c(c1)c23. The average Bonchev–Trinajstić information content (AvgIpc) is 1.54. The first-order valence-electron chi connectivity index (χ1n) is 44.5. The van der Waals surface area contributed by atoms with E-state index in [2.05, 4.69) is 365 Å². The van der Waals surface area contributed by atoms with Crippen LogP contribution in [0.15, 0.2) is 279 Å². The molecule has 0 saturated carbocycles. The second-order valence-corrected chi connectivity index (χ2v) is 37.5. The number of fused-ring (bicyclic) bond motifs is 24.